The molecule has 0 N–H and O–H groups in total. The van der Waals surface area contributed by atoms with Crippen molar-refractivity contribution in [2.75, 3.05) is 35.0 Å². The summed E-state index contributed by atoms with van der Waals surface area (Å²) in [5, 5.41) is 0. The minimum atomic E-state index is -0.942. The van der Waals surface area contributed by atoms with E-state index in [0.29, 0.717) is 0 Å². The summed E-state index contributed by atoms with van der Waals surface area (Å²) in [5.74, 6) is -1.10. The standard InChI is InChI=1S/C15H26O9/c1-8(16)22-12-11(10(19-4)7-18-3)24-15(21-6)14(20-5)13(12)23-9(2)17/h10-15H,7H2,1-6H3/t10-,11+,12+,13-,14-,15+/m0/s1. The highest BCUT2D eigenvalue weighted by molar-refractivity contribution is 5.67. The first kappa shape index (κ1) is 20.8. The van der Waals surface area contributed by atoms with Gasteiger partial charge in [-0.15, -0.1) is 0 Å². The van der Waals surface area contributed by atoms with E-state index in [9.17, 15) is 9.59 Å². The van der Waals surface area contributed by atoms with E-state index >= 15 is 0 Å². The third-order valence-electron chi connectivity index (χ3n) is 3.64. The molecule has 0 aliphatic carbocycles. The van der Waals surface area contributed by atoms with Gasteiger partial charge in [0.15, 0.2) is 18.5 Å². The van der Waals surface area contributed by atoms with Gasteiger partial charge in [0.2, 0.25) is 0 Å². The largest absolute Gasteiger partial charge is 0.456 e. The molecule has 24 heavy (non-hydrogen) atoms. The maximum Gasteiger partial charge on any atom is 0.303 e. The van der Waals surface area contributed by atoms with Crippen molar-refractivity contribution in [2.24, 2.45) is 0 Å². The first-order valence-corrected chi connectivity index (χ1v) is 7.46. The van der Waals surface area contributed by atoms with Gasteiger partial charge in [-0.1, -0.05) is 0 Å². The maximum atomic E-state index is 11.5. The molecule has 0 aromatic heterocycles. The summed E-state index contributed by atoms with van der Waals surface area (Å²) < 4.78 is 37.7. The number of methoxy groups -OCH3 is 4. The second-order valence-electron chi connectivity index (χ2n) is 5.28. The average Bonchev–Trinajstić information content (AvgIpc) is 2.53. The molecule has 1 heterocycles. The highest BCUT2D eigenvalue weighted by Gasteiger charge is 2.53. The summed E-state index contributed by atoms with van der Waals surface area (Å²) in [5.41, 5.74) is 0. The minimum Gasteiger partial charge on any atom is -0.456 e. The zero-order valence-electron chi connectivity index (χ0n) is 14.8. The Bertz CT molecular complexity index is 412. The van der Waals surface area contributed by atoms with Gasteiger partial charge in [-0.2, -0.15) is 0 Å². The van der Waals surface area contributed by atoms with Gasteiger partial charge in [0.05, 0.1) is 6.61 Å². The molecule has 0 bridgehead atoms. The number of rotatable bonds is 8. The van der Waals surface area contributed by atoms with Crippen molar-refractivity contribution >= 4 is 11.9 Å². The minimum absolute atomic E-state index is 0.180. The molecule has 1 aliphatic heterocycles. The van der Waals surface area contributed by atoms with E-state index in [4.69, 9.17) is 33.2 Å². The van der Waals surface area contributed by atoms with Gasteiger partial charge in [-0.3, -0.25) is 9.59 Å². The molecule has 0 amide bonds. The van der Waals surface area contributed by atoms with Gasteiger partial charge in [0.25, 0.3) is 0 Å². The summed E-state index contributed by atoms with van der Waals surface area (Å²) >= 11 is 0. The SMILES string of the molecule is COC[C@H](OC)[C@H]1O[C@@H](OC)[C@@H](OC)[C@@H](OC(C)=O)[C@@H]1OC(C)=O. The summed E-state index contributed by atoms with van der Waals surface area (Å²) in [6.45, 7) is 2.69. The van der Waals surface area contributed by atoms with Crippen molar-refractivity contribution in [1.82, 2.24) is 0 Å². The first-order chi connectivity index (χ1) is 11.4. The number of hydrogen-bond acceptors (Lipinski definition) is 9. The molecule has 1 aliphatic rings. The van der Waals surface area contributed by atoms with Crippen molar-refractivity contribution in [3.63, 3.8) is 0 Å². The van der Waals surface area contributed by atoms with Crippen molar-refractivity contribution in [2.45, 2.75) is 50.7 Å². The van der Waals surface area contributed by atoms with Gasteiger partial charge in [0.1, 0.15) is 18.3 Å². The van der Waals surface area contributed by atoms with Crippen LogP contribution in [0.2, 0.25) is 0 Å². The van der Waals surface area contributed by atoms with Gasteiger partial charge in [-0.05, 0) is 0 Å². The van der Waals surface area contributed by atoms with Gasteiger partial charge in [0, 0.05) is 42.3 Å². The molecule has 0 unspecified atom stereocenters. The van der Waals surface area contributed by atoms with Crippen LogP contribution in [0.1, 0.15) is 13.8 Å². The van der Waals surface area contributed by atoms with Gasteiger partial charge >= 0.3 is 11.9 Å². The predicted octanol–water partition coefficient (Wildman–Crippen LogP) is -0.102. The second-order valence-corrected chi connectivity index (χ2v) is 5.28. The third-order valence-corrected chi connectivity index (χ3v) is 3.64. The van der Waals surface area contributed by atoms with Gasteiger partial charge < -0.3 is 33.2 Å². The molecule has 6 atom stereocenters. The number of carbonyl (C=O) groups is 2. The van der Waals surface area contributed by atoms with E-state index in [-0.39, 0.29) is 6.61 Å². The summed E-state index contributed by atoms with van der Waals surface area (Å²) in [6, 6.07) is 0. The second kappa shape index (κ2) is 9.90. The highest BCUT2D eigenvalue weighted by atomic mass is 16.7. The van der Waals surface area contributed by atoms with Crippen LogP contribution in [-0.4, -0.2) is 83.8 Å². The first-order valence-electron chi connectivity index (χ1n) is 7.46. The molecule has 1 fully saturated rings. The van der Waals surface area contributed by atoms with Crippen LogP contribution < -0.4 is 0 Å². The third kappa shape index (κ3) is 5.12. The zero-order valence-corrected chi connectivity index (χ0v) is 14.8. The van der Waals surface area contributed by atoms with E-state index < -0.39 is 48.7 Å². The topological polar surface area (TPSA) is 98.8 Å². The van der Waals surface area contributed by atoms with E-state index in [1.165, 1.54) is 42.3 Å². The van der Waals surface area contributed by atoms with Crippen molar-refractivity contribution < 1.29 is 42.7 Å². The Labute approximate surface area is 141 Å². The molecule has 9 nitrogen and oxygen atoms in total. The van der Waals surface area contributed by atoms with E-state index in [1.54, 1.807) is 0 Å². The summed E-state index contributed by atoms with van der Waals surface area (Å²) in [7, 11) is 5.83. The van der Waals surface area contributed by atoms with Crippen LogP contribution in [0.5, 0.6) is 0 Å². The Hall–Kier alpha value is -1.26. The Morgan fingerprint density at radius 2 is 1.50 bits per heavy atom. The molecular weight excluding hydrogens is 324 g/mol. The quantitative estimate of drug-likeness (QED) is 0.556. The number of esters is 2. The smallest absolute Gasteiger partial charge is 0.303 e. The molecule has 0 saturated carbocycles. The normalized spacial score (nSPS) is 31.3. The summed E-state index contributed by atoms with van der Waals surface area (Å²) in [6.07, 6.45) is -4.84. The van der Waals surface area contributed by atoms with Crippen LogP contribution in [0.3, 0.4) is 0 Å². The molecule has 9 heteroatoms. The lowest BCUT2D eigenvalue weighted by Gasteiger charge is -2.45. The summed E-state index contributed by atoms with van der Waals surface area (Å²) in [4.78, 5) is 23.1. The van der Waals surface area contributed by atoms with E-state index in [1.807, 2.05) is 0 Å². The van der Waals surface area contributed by atoms with Crippen LogP contribution in [-0.2, 0) is 42.7 Å². The predicted molar refractivity (Wildman–Crippen MR) is 80.2 cm³/mol. The highest BCUT2D eigenvalue weighted by Crippen LogP contribution is 2.31. The molecular formula is C15H26O9. The van der Waals surface area contributed by atoms with Crippen LogP contribution in [0, 0.1) is 0 Å². The fourth-order valence-electron chi connectivity index (χ4n) is 2.69. The molecule has 140 valence electrons. The van der Waals surface area contributed by atoms with Crippen molar-refractivity contribution in [3.05, 3.63) is 0 Å². The number of ether oxygens (including phenoxy) is 7. The Balaban J connectivity index is 3.22. The number of carbonyl (C=O) groups excluding carboxylic acids is 2. The lowest BCUT2D eigenvalue weighted by molar-refractivity contribution is -0.315. The van der Waals surface area contributed by atoms with Crippen LogP contribution in [0.4, 0.5) is 0 Å². The lowest BCUT2D eigenvalue weighted by Crippen LogP contribution is -2.64. The van der Waals surface area contributed by atoms with E-state index in [0.717, 1.165) is 0 Å². The molecule has 0 radical (unpaired) electrons. The fourth-order valence-corrected chi connectivity index (χ4v) is 2.69. The Morgan fingerprint density at radius 1 is 0.917 bits per heavy atom. The van der Waals surface area contributed by atoms with Crippen LogP contribution in [0.25, 0.3) is 0 Å². The number of hydrogen-bond donors (Lipinski definition) is 0. The lowest BCUT2D eigenvalue weighted by atomic mass is 9.94. The van der Waals surface area contributed by atoms with Gasteiger partial charge in [-0.25, -0.2) is 0 Å². The Morgan fingerprint density at radius 3 is 1.92 bits per heavy atom. The monoisotopic (exact) mass is 350 g/mol. The van der Waals surface area contributed by atoms with Crippen molar-refractivity contribution in [1.29, 1.82) is 0 Å². The van der Waals surface area contributed by atoms with Crippen LogP contribution in [0.15, 0.2) is 0 Å². The maximum absolute atomic E-state index is 11.5. The molecule has 0 spiro atoms. The van der Waals surface area contributed by atoms with Crippen molar-refractivity contribution in [3.8, 4) is 0 Å². The Kier molecular flexibility index (Phi) is 8.57. The molecule has 1 saturated heterocycles. The fraction of sp³-hybridized carbons (Fsp3) is 0.867. The van der Waals surface area contributed by atoms with Crippen LogP contribution >= 0.6 is 0 Å². The zero-order chi connectivity index (χ0) is 18.3. The average molecular weight is 350 g/mol. The molecule has 0 aromatic carbocycles. The molecule has 1 rings (SSSR count). The van der Waals surface area contributed by atoms with E-state index in [2.05, 4.69) is 0 Å². The molecule has 0 aromatic rings.